The Labute approximate surface area is 130 Å². The normalized spacial score (nSPS) is 20.9. The van der Waals surface area contributed by atoms with Gasteiger partial charge in [0.2, 0.25) is 0 Å². The molecule has 1 fully saturated rings. The summed E-state index contributed by atoms with van der Waals surface area (Å²) in [5.41, 5.74) is 2.54. The monoisotopic (exact) mass is 303 g/mol. The lowest BCUT2D eigenvalue weighted by Crippen LogP contribution is -2.23. The molecule has 22 heavy (non-hydrogen) atoms. The molecule has 0 radical (unpaired) electrons. The second kappa shape index (κ2) is 7.92. The first-order chi connectivity index (χ1) is 10.6. The van der Waals surface area contributed by atoms with Gasteiger partial charge in [-0.05, 0) is 37.7 Å². The van der Waals surface area contributed by atoms with Gasteiger partial charge >= 0.3 is 5.97 Å². The van der Waals surface area contributed by atoms with Gasteiger partial charge in [0.1, 0.15) is 12.3 Å². The van der Waals surface area contributed by atoms with Gasteiger partial charge in [-0.2, -0.15) is 0 Å². The molecule has 0 saturated carbocycles. The van der Waals surface area contributed by atoms with E-state index in [0.717, 1.165) is 24.1 Å². The van der Waals surface area contributed by atoms with Gasteiger partial charge in [0, 0.05) is 24.3 Å². The summed E-state index contributed by atoms with van der Waals surface area (Å²) < 4.78 is 10.6. The van der Waals surface area contributed by atoms with Gasteiger partial charge in [-0.15, -0.1) is 0 Å². The first-order valence-corrected chi connectivity index (χ1v) is 7.39. The number of aliphatic hydroxyl groups is 1. The molecule has 1 aliphatic rings. The van der Waals surface area contributed by atoms with Crippen LogP contribution in [-0.2, 0) is 14.3 Å². The number of hydrogen-bond donors (Lipinski definition) is 1. The van der Waals surface area contributed by atoms with Gasteiger partial charge in [-0.3, -0.25) is 4.79 Å². The molecule has 1 aromatic rings. The molecule has 118 valence electrons. The van der Waals surface area contributed by atoms with E-state index in [2.05, 4.69) is 16.8 Å². The maximum Gasteiger partial charge on any atom is 0.305 e. The number of carbonyl (C=O) groups excluding carboxylic acids is 1. The molecule has 1 aliphatic heterocycles. The van der Waals surface area contributed by atoms with E-state index in [1.54, 1.807) is 0 Å². The Morgan fingerprint density at radius 3 is 3.05 bits per heavy atom. The quantitative estimate of drug-likeness (QED) is 0.681. The van der Waals surface area contributed by atoms with Crippen molar-refractivity contribution in [2.45, 2.75) is 32.3 Å². The van der Waals surface area contributed by atoms with Gasteiger partial charge in [-0.25, -0.2) is 4.98 Å². The van der Waals surface area contributed by atoms with Crippen molar-refractivity contribution in [2.75, 3.05) is 20.3 Å². The fraction of sp³-hybridized carbons (Fsp3) is 0.529. The molecule has 5 nitrogen and oxygen atoms in total. The van der Waals surface area contributed by atoms with Gasteiger partial charge in [0.15, 0.2) is 0 Å². The molecule has 0 aliphatic carbocycles. The number of pyridine rings is 1. The summed E-state index contributed by atoms with van der Waals surface area (Å²) >= 11 is 0. The van der Waals surface area contributed by atoms with E-state index in [4.69, 9.17) is 14.6 Å². The standard InChI is InChI=1S/C17H21NO4/c1-12-15(6-5-14(18-12)4-3-8-19)16-10-13(7-9-22-16)11-17(20)21-2/h5-6,13,16,19H,7-11H2,1-2H3. The third kappa shape index (κ3) is 4.30. The first-order valence-electron chi connectivity index (χ1n) is 7.39. The van der Waals surface area contributed by atoms with Crippen LogP contribution >= 0.6 is 0 Å². The maximum atomic E-state index is 11.4. The average molecular weight is 303 g/mol. The molecule has 1 aromatic heterocycles. The zero-order valence-corrected chi connectivity index (χ0v) is 13.0. The molecule has 2 atom stereocenters. The lowest BCUT2D eigenvalue weighted by Gasteiger charge is -2.29. The average Bonchev–Trinajstić information content (AvgIpc) is 2.53. The van der Waals surface area contributed by atoms with E-state index in [-0.39, 0.29) is 24.6 Å². The van der Waals surface area contributed by atoms with Crippen molar-refractivity contribution >= 4 is 5.97 Å². The Bertz CT molecular complexity index is 588. The zero-order valence-electron chi connectivity index (χ0n) is 13.0. The number of methoxy groups -OCH3 is 1. The first kappa shape index (κ1) is 16.5. The molecular weight excluding hydrogens is 282 g/mol. The summed E-state index contributed by atoms with van der Waals surface area (Å²) in [6.45, 7) is 2.38. The van der Waals surface area contributed by atoms with Gasteiger partial charge < -0.3 is 14.6 Å². The fourth-order valence-corrected chi connectivity index (χ4v) is 2.70. The van der Waals surface area contributed by atoms with Crippen molar-refractivity contribution in [1.29, 1.82) is 0 Å². The molecule has 0 aromatic carbocycles. The number of ether oxygens (including phenoxy) is 2. The Morgan fingerprint density at radius 2 is 2.36 bits per heavy atom. The third-order valence-corrected chi connectivity index (χ3v) is 3.84. The maximum absolute atomic E-state index is 11.4. The van der Waals surface area contributed by atoms with Crippen molar-refractivity contribution in [3.8, 4) is 11.8 Å². The van der Waals surface area contributed by atoms with Crippen molar-refractivity contribution < 1.29 is 19.4 Å². The number of aromatic nitrogens is 1. The Hall–Kier alpha value is -1.90. The SMILES string of the molecule is COC(=O)CC1CCOC(c2ccc(C#CCO)nc2C)C1. The number of hydrogen-bond acceptors (Lipinski definition) is 5. The highest BCUT2D eigenvalue weighted by Gasteiger charge is 2.27. The number of aryl methyl sites for hydroxylation is 1. The number of aliphatic hydroxyl groups excluding tert-OH is 1. The lowest BCUT2D eigenvalue weighted by atomic mass is 9.89. The summed E-state index contributed by atoms with van der Waals surface area (Å²) in [6, 6.07) is 3.80. The van der Waals surface area contributed by atoms with Gasteiger partial charge in [0.05, 0.1) is 13.2 Å². The molecule has 1 N–H and O–H groups in total. The molecule has 2 unspecified atom stereocenters. The number of esters is 1. The summed E-state index contributed by atoms with van der Waals surface area (Å²) in [5.74, 6) is 5.49. The van der Waals surface area contributed by atoms with E-state index in [9.17, 15) is 4.79 Å². The second-order valence-electron chi connectivity index (χ2n) is 5.36. The number of rotatable bonds is 3. The van der Waals surface area contributed by atoms with Crippen LogP contribution in [0.4, 0.5) is 0 Å². The zero-order chi connectivity index (χ0) is 15.9. The van der Waals surface area contributed by atoms with Crippen molar-refractivity contribution in [3.05, 3.63) is 29.1 Å². The molecule has 0 bridgehead atoms. The van der Waals surface area contributed by atoms with E-state index in [1.165, 1.54) is 7.11 Å². The highest BCUT2D eigenvalue weighted by atomic mass is 16.5. The number of carbonyl (C=O) groups is 1. The molecule has 2 heterocycles. The second-order valence-corrected chi connectivity index (χ2v) is 5.36. The van der Waals surface area contributed by atoms with Crippen LogP contribution in [0, 0.1) is 24.7 Å². The fourth-order valence-electron chi connectivity index (χ4n) is 2.70. The predicted molar refractivity (Wildman–Crippen MR) is 81.0 cm³/mol. The minimum absolute atomic E-state index is 0.0456. The van der Waals surface area contributed by atoms with E-state index in [0.29, 0.717) is 18.7 Å². The molecule has 0 spiro atoms. The molecule has 1 saturated heterocycles. The van der Waals surface area contributed by atoms with Crippen LogP contribution in [0.3, 0.4) is 0 Å². The Kier molecular flexibility index (Phi) is 5.93. The molecule has 0 amide bonds. The Balaban J connectivity index is 2.08. The van der Waals surface area contributed by atoms with Crippen molar-refractivity contribution in [1.82, 2.24) is 4.98 Å². The molecule has 5 heteroatoms. The minimum Gasteiger partial charge on any atom is -0.469 e. The molecular formula is C17H21NO4. The Morgan fingerprint density at radius 1 is 1.55 bits per heavy atom. The van der Waals surface area contributed by atoms with E-state index in [1.807, 2.05) is 19.1 Å². The van der Waals surface area contributed by atoms with Crippen LogP contribution in [0.5, 0.6) is 0 Å². The van der Waals surface area contributed by atoms with E-state index >= 15 is 0 Å². The van der Waals surface area contributed by atoms with Crippen molar-refractivity contribution in [3.63, 3.8) is 0 Å². The van der Waals surface area contributed by atoms with Crippen LogP contribution in [0.2, 0.25) is 0 Å². The van der Waals surface area contributed by atoms with Crippen LogP contribution in [0.15, 0.2) is 12.1 Å². The largest absolute Gasteiger partial charge is 0.469 e. The van der Waals surface area contributed by atoms with Crippen molar-refractivity contribution in [2.24, 2.45) is 5.92 Å². The smallest absolute Gasteiger partial charge is 0.305 e. The minimum atomic E-state index is -0.177. The third-order valence-electron chi connectivity index (χ3n) is 3.84. The highest BCUT2D eigenvalue weighted by molar-refractivity contribution is 5.69. The summed E-state index contributed by atoms with van der Waals surface area (Å²) in [5, 5.41) is 8.72. The van der Waals surface area contributed by atoms with Gasteiger partial charge in [0.25, 0.3) is 0 Å². The predicted octanol–water partition coefficient (Wildman–Crippen LogP) is 1.76. The summed E-state index contributed by atoms with van der Waals surface area (Å²) in [6.07, 6.45) is 2.05. The summed E-state index contributed by atoms with van der Waals surface area (Å²) in [7, 11) is 1.42. The van der Waals surface area contributed by atoms with Crippen LogP contribution in [0.25, 0.3) is 0 Å². The lowest BCUT2D eigenvalue weighted by molar-refractivity contribution is -0.143. The van der Waals surface area contributed by atoms with Gasteiger partial charge in [-0.1, -0.05) is 12.0 Å². The molecule has 2 rings (SSSR count). The van der Waals surface area contributed by atoms with Crippen LogP contribution in [-0.4, -0.2) is 36.4 Å². The van der Waals surface area contributed by atoms with E-state index < -0.39 is 0 Å². The summed E-state index contributed by atoms with van der Waals surface area (Å²) in [4.78, 5) is 15.9. The van der Waals surface area contributed by atoms with Crippen LogP contribution < -0.4 is 0 Å². The highest BCUT2D eigenvalue weighted by Crippen LogP contribution is 2.34. The van der Waals surface area contributed by atoms with Crippen LogP contribution in [0.1, 0.15) is 42.3 Å². The number of nitrogens with zero attached hydrogens (tertiary/aromatic N) is 1. The topological polar surface area (TPSA) is 68.7 Å².